The second-order valence-corrected chi connectivity index (χ2v) is 7.86. The standard InChI is InChI=1S/C23H27N7O2/c1-15(2)20-12-26-30-21(20)28-22(27-19(13-31)14-32)29-23(30)25-10-16-5-7-17(8-6-16)18-4-3-9-24-11-18/h3-9,11-12,15,19,31-32H,10,13-14H2,1-2H3,(H2,25,27,28,29). The number of benzene rings is 1. The summed E-state index contributed by atoms with van der Waals surface area (Å²) < 4.78 is 1.68. The van der Waals surface area contributed by atoms with Crippen LogP contribution in [0.1, 0.15) is 30.9 Å². The van der Waals surface area contributed by atoms with Gasteiger partial charge >= 0.3 is 0 Å². The van der Waals surface area contributed by atoms with Gasteiger partial charge in [-0.1, -0.05) is 44.2 Å². The highest BCUT2D eigenvalue weighted by Gasteiger charge is 2.17. The average molecular weight is 434 g/mol. The number of rotatable bonds is 9. The Kier molecular flexibility index (Phi) is 6.58. The molecule has 3 aromatic heterocycles. The molecule has 4 N–H and O–H groups in total. The van der Waals surface area contributed by atoms with E-state index in [4.69, 9.17) is 0 Å². The first kappa shape index (κ1) is 21.7. The van der Waals surface area contributed by atoms with Crippen LogP contribution in [-0.4, -0.2) is 54.0 Å². The number of nitrogens with one attached hydrogen (secondary N) is 2. The van der Waals surface area contributed by atoms with E-state index >= 15 is 0 Å². The van der Waals surface area contributed by atoms with Crippen molar-refractivity contribution in [1.82, 2.24) is 24.6 Å². The zero-order chi connectivity index (χ0) is 22.5. The number of hydrogen-bond acceptors (Lipinski definition) is 8. The Morgan fingerprint density at radius 2 is 1.75 bits per heavy atom. The third kappa shape index (κ3) is 4.68. The summed E-state index contributed by atoms with van der Waals surface area (Å²) in [6, 6.07) is 11.7. The Labute approximate surface area is 186 Å². The van der Waals surface area contributed by atoms with Crippen LogP contribution in [0.5, 0.6) is 0 Å². The molecule has 0 bridgehead atoms. The van der Waals surface area contributed by atoms with Gasteiger partial charge in [0.05, 0.1) is 25.5 Å². The minimum atomic E-state index is -0.546. The molecule has 4 rings (SSSR count). The summed E-state index contributed by atoms with van der Waals surface area (Å²) in [5.74, 6) is 1.08. The van der Waals surface area contributed by atoms with E-state index in [9.17, 15) is 10.2 Å². The Bertz CT molecular complexity index is 1160. The van der Waals surface area contributed by atoms with Gasteiger partial charge < -0.3 is 20.8 Å². The third-order valence-electron chi connectivity index (χ3n) is 5.19. The van der Waals surface area contributed by atoms with E-state index < -0.39 is 6.04 Å². The summed E-state index contributed by atoms with van der Waals surface area (Å²) in [6.45, 7) is 4.24. The topological polar surface area (TPSA) is 120 Å². The molecule has 3 heterocycles. The summed E-state index contributed by atoms with van der Waals surface area (Å²) in [4.78, 5) is 13.3. The summed E-state index contributed by atoms with van der Waals surface area (Å²) in [5.41, 5.74) is 4.93. The lowest BCUT2D eigenvalue weighted by atomic mass is 10.1. The first-order valence-corrected chi connectivity index (χ1v) is 10.6. The Hall–Kier alpha value is -3.56. The number of pyridine rings is 1. The molecule has 0 fully saturated rings. The lowest BCUT2D eigenvalue weighted by molar-refractivity contribution is 0.203. The molecule has 32 heavy (non-hydrogen) atoms. The molecule has 0 aliphatic carbocycles. The Morgan fingerprint density at radius 1 is 0.969 bits per heavy atom. The molecular weight excluding hydrogens is 406 g/mol. The zero-order valence-electron chi connectivity index (χ0n) is 18.1. The Morgan fingerprint density at radius 3 is 2.41 bits per heavy atom. The molecule has 9 nitrogen and oxygen atoms in total. The predicted octanol–water partition coefficient (Wildman–Crippen LogP) is 2.69. The molecular formula is C23H27N7O2. The highest BCUT2D eigenvalue weighted by Crippen LogP contribution is 2.23. The fourth-order valence-corrected chi connectivity index (χ4v) is 3.34. The quantitative estimate of drug-likeness (QED) is 0.318. The molecule has 0 unspecified atom stereocenters. The van der Waals surface area contributed by atoms with Crippen molar-refractivity contribution in [2.75, 3.05) is 23.8 Å². The van der Waals surface area contributed by atoms with Gasteiger partial charge in [0.25, 0.3) is 0 Å². The molecule has 1 aromatic carbocycles. The van der Waals surface area contributed by atoms with Gasteiger partial charge in [0, 0.05) is 24.5 Å². The van der Waals surface area contributed by atoms with Crippen LogP contribution in [0.15, 0.2) is 55.0 Å². The average Bonchev–Trinajstić information content (AvgIpc) is 3.26. The highest BCUT2D eigenvalue weighted by atomic mass is 16.3. The normalized spacial score (nSPS) is 11.4. The SMILES string of the molecule is CC(C)c1cnn2c(NCc3ccc(-c4cccnc4)cc3)nc(NC(CO)CO)nc12. The molecule has 0 radical (unpaired) electrons. The van der Waals surface area contributed by atoms with Gasteiger partial charge in [-0.05, 0) is 28.7 Å². The van der Waals surface area contributed by atoms with E-state index in [0.29, 0.717) is 24.1 Å². The van der Waals surface area contributed by atoms with Crippen LogP contribution in [0.4, 0.5) is 11.9 Å². The van der Waals surface area contributed by atoms with Crippen molar-refractivity contribution in [1.29, 1.82) is 0 Å². The number of anilines is 2. The summed E-state index contributed by atoms with van der Waals surface area (Å²) in [6.07, 6.45) is 5.40. The molecule has 0 spiro atoms. The van der Waals surface area contributed by atoms with Crippen molar-refractivity contribution in [2.24, 2.45) is 0 Å². The molecule has 0 saturated carbocycles. The molecule has 0 amide bonds. The maximum Gasteiger partial charge on any atom is 0.229 e. The van der Waals surface area contributed by atoms with Crippen LogP contribution in [0.25, 0.3) is 16.8 Å². The van der Waals surface area contributed by atoms with E-state index in [-0.39, 0.29) is 19.1 Å². The summed E-state index contributed by atoms with van der Waals surface area (Å²) in [7, 11) is 0. The minimum Gasteiger partial charge on any atom is -0.394 e. The first-order valence-electron chi connectivity index (χ1n) is 10.6. The van der Waals surface area contributed by atoms with Crippen molar-refractivity contribution < 1.29 is 10.2 Å². The van der Waals surface area contributed by atoms with Crippen molar-refractivity contribution >= 4 is 17.5 Å². The molecule has 0 aliphatic heterocycles. The fourth-order valence-electron chi connectivity index (χ4n) is 3.34. The van der Waals surface area contributed by atoms with Gasteiger partial charge in [-0.3, -0.25) is 4.98 Å². The fraction of sp³-hybridized carbons (Fsp3) is 0.304. The van der Waals surface area contributed by atoms with Crippen molar-refractivity contribution in [2.45, 2.75) is 32.4 Å². The molecule has 0 atom stereocenters. The van der Waals surface area contributed by atoms with Crippen LogP contribution in [0.2, 0.25) is 0 Å². The summed E-state index contributed by atoms with van der Waals surface area (Å²) >= 11 is 0. The van der Waals surface area contributed by atoms with E-state index in [0.717, 1.165) is 22.3 Å². The van der Waals surface area contributed by atoms with Gasteiger partial charge in [-0.15, -0.1) is 0 Å². The largest absolute Gasteiger partial charge is 0.394 e. The van der Waals surface area contributed by atoms with Gasteiger partial charge in [0.15, 0.2) is 5.65 Å². The van der Waals surface area contributed by atoms with E-state index in [1.54, 1.807) is 16.9 Å². The zero-order valence-corrected chi connectivity index (χ0v) is 18.1. The number of hydrogen-bond donors (Lipinski definition) is 4. The smallest absolute Gasteiger partial charge is 0.229 e. The van der Waals surface area contributed by atoms with Crippen molar-refractivity contribution in [3.63, 3.8) is 0 Å². The maximum absolute atomic E-state index is 9.41. The predicted molar refractivity (Wildman–Crippen MR) is 123 cm³/mol. The van der Waals surface area contributed by atoms with Crippen LogP contribution >= 0.6 is 0 Å². The van der Waals surface area contributed by atoms with Crippen molar-refractivity contribution in [3.05, 3.63) is 66.1 Å². The van der Waals surface area contributed by atoms with Crippen LogP contribution in [-0.2, 0) is 6.54 Å². The molecule has 0 aliphatic rings. The number of aliphatic hydroxyl groups excluding tert-OH is 2. The van der Waals surface area contributed by atoms with Gasteiger partial charge in [-0.25, -0.2) is 0 Å². The lowest BCUT2D eigenvalue weighted by Gasteiger charge is -2.15. The molecule has 9 heteroatoms. The monoisotopic (exact) mass is 433 g/mol. The van der Waals surface area contributed by atoms with Crippen LogP contribution < -0.4 is 10.6 Å². The lowest BCUT2D eigenvalue weighted by Crippen LogP contribution is -2.29. The Balaban J connectivity index is 1.58. The summed E-state index contributed by atoms with van der Waals surface area (Å²) in [5, 5.41) is 29.6. The van der Waals surface area contributed by atoms with Gasteiger partial charge in [-0.2, -0.15) is 19.6 Å². The van der Waals surface area contributed by atoms with Crippen molar-refractivity contribution in [3.8, 4) is 11.1 Å². The van der Waals surface area contributed by atoms with Gasteiger partial charge in [0.2, 0.25) is 11.9 Å². The molecule has 166 valence electrons. The number of fused-ring (bicyclic) bond motifs is 1. The molecule has 0 saturated heterocycles. The minimum absolute atomic E-state index is 0.229. The van der Waals surface area contributed by atoms with Gasteiger partial charge in [0.1, 0.15) is 0 Å². The number of nitrogens with zero attached hydrogens (tertiary/aromatic N) is 5. The van der Waals surface area contributed by atoms with E-state index in [2.05, 4.69) is 68.8 Å². The third-order valence-corrected chi connectivity index (χ3v) is 5.19. The van der Waals surface area contributed by atoms with Crippen LogP contribution in [0, 0.1) is 0 Å². The van der Waals surface area contributed by atoms with E-state index in [1.165, 1.54) is 0 Å². The van der Waals surface area contributed by atoms with Crippen LogP contribution in [0.3, 0.4) is 0 Å². The number of aliphatic hydroxyl groups is 2. The first-order chi connectivity index (χ1) is 15.6. The maximum atomic E-state index is 9.41. The second-order valence-electron chi connectivity index (χ2n) is 7.86. The molecule has 4 aromatic rings. The second kappa shape index (κ2) is 9.71. The highest BCUT2D eigenvalue weighted by molar-refractivity contribution is 5.62. The number of aromatic nitrogens is 5. The van der Waals surface area contributed by atoms with E-state index in [1.807, 2.05) is 18.3 Å².